The van der Waals surface area contributed by atoms with Crippen molar-refractivity contribution in [3.8, 4) is 17.3 Å². The van der Waals surface area contributed by atoms with Gasteiger partial charge >= 0.3 is 0 Å². The third kappa shape index (κ3) is 4.64. The van der Waals surface area contributed by atoms with Gasteiger partial charge in [0.05, 0.1) is 18.1 Å². The maximum absolute atomic E-state index is 12.9. The second-order valence-corrected chi connectivity index (χ2v) is 8.77. The van der Waals surface area contributed by atoms with E-state index in [1.54, 1.807) is 30.1 Å². The third-order valence-electron chi connectivity index (χ3n) is 5.88. The molecule has 0 aliphatic heterocycles. The van der Waals surface area contributed by atoms with Crippen LogP contribution in [0, 0.1) is 6.92 Å². The first-order valence-corrected chi connectivity index (χ1v) is 11.7. The van der Waals surface area contributed by atoms with Gasteiger partial charge in [-0.2, -0.15) is 14.6 Å². The lowest BCUT2D eigenvalue weighted by Gasteiger charge is -2.09. The van der Waals surface area contributed by atoms with Gasteiger partial charge in [0.1, 0.15) is 12.4 Å². The second-order valence-electron chi connectivity index (χ2n) is 8.77. The van der Waals surface area contributed by atoms with Crippen molar-refractivity contribution >= 4 is 28.5 Å². The molecule has 0 spiro atoms. The molecule has 0 saturated heterocycles. The standard InChI is InChI=1S/C27H23N7O3/c1-17-5-7-19(8-6-17)16-37-20-11-9-18(10-12-20)14-23(35)28-27-30-24-21(15-33(2)31-24)26-29-25(32-34(26)27)22-4-3-13-36-22/h3-13,15H,14,16H2,1-2H3,(H,28,30,31,35). The van der Waals surface area contributed by atoms with Gasteiger partial charge in [-0.3, -0.25) is 14.8 Å². The van der Waals surface area contributed by atoms with E-state index in [4.69, 9.17) is 9.15 Å². The monoisotopic (exact) mass is 493 g/mol. The van der Waals surface area contributed by atoms with Crippen LogP contribution >= 0.6 is 0 Å². The fourth-order valence-corrected chi connectivity index (χ4v) is 4.00. The van der Waals surface area contributed by atoms with Crippen LogP contribution in [0.2, 0.25) is 0 Å². The number of ether oxygens (including phenoxy) is 1. The molecule has 2 aromatic carbocycles. The Balaban J connectivity index is 1.19. The smallest absolute Gasteiger partial charge is 0.234 e. The van der Waals surface area contributed by atoms with Gasteiger partial charge in [0, 0.05) is 13.2 Å². The van der Waals surface area contributed by atoms with Crippen LogP contribution in [-0.2, 0) is 24.9 Å². The second kappa shape index (κ2) is 9.23. The highest BCUT2D eigenvalue weighted by molar-refractivity contribution is 5.95. The summed E-state index contributed by atoms with van der Waals surface area (Å²) >= 11 is 0. The maximum atomic E-state index is 12.9. The number of benzene rings is 2. The quantitative estimate of drug-likeness (QED) is 0.352. The molecular weight excluding hydrogens is 470 g/mol. The Hall–Kier alpha value is -4.99. The summed E-state index contributed by atoms with van der Waals surface area (Å²) in [6.45, 7) is 2.54. The Bertz CT molecular complexity index is 1700. The molecule has 0 fully saturated rings. The lowest BCUT2D eigenvalue weighted by molar-refractivity contribution is -0.115. The average Bonchev–Trinajstić information content (AvgIpc) is 3.64. The van der Waals surface area contributed by atoms with Gasteiger partial charge < -0.3 is 9.15 Å². The molecule has 1 N–H and O–H groups in total. The van der Waals surface area contributed by atoms with E-state index in [9.17, 15) is 4.79 Å². The van der Waals surface area contributed by atoms with Crippen LogP contribution in [0.1, 0.15) is 16.7 Å². The Labute approximate surface area is 211 Å². The number of carbonyl (C=O) groups excluding carboxylic acids is 1. The van der Waals surface area contributed by atoms with Crippen molar-refractivity contribution in [3.05, 3.63) is 89.8 Å². The molecule has 0 radical (unpaired) electrons. The summed E-state index contributed by atoms with van der Waals surface area (Å²) in [6, 6.07) is 19.2. The van der Waals surface area contributed by atoms with E-state index in [0.717, 1.165) is 16.9 Å². The van der Waals surface area contributed by atoms with Crippen LogP contribution in [0.3, 0.4) is 0 Å². The molecule has 0 unspecified atom stereocenters. The normalized spacial score (nSPS) is 11.3. The van der Waals surface area contributed by atoms with Crippen LogP contribution in [-0.4, -0.2) is 35.3 Å². The Morgan fingerprint density at radius 1 is 1.00 bits per heavy atom. The van der Waals surface area contributed by atoms with Gasteiger partial charge in [0.25, 0.3) is 0 Å². The van der Waals surface area contributed by atoms with E-state index in [-0.39, 0.29) is 18.3 Å². The van der Waals surface area contributed by atoms with E-state index in [1.165, 1.54) is 10.1 Å². The highest BCUT2D eigenvalue weighted by Gasteiger charge is 2.19. The fraction of sp³-hybridized carbons (Fsp3) is 0.148. The summed E-state index contributed by atoms with van der Waals surface area (Å²) in [5, 5.41) is 12.5. The van der Waals surface area contributed by atoms with Crippen molar-refractivity contribution in [3.63, 3.8) is 0 Å². The van der Waals surface area contributed by atoms with Crippen LogP contribution in [0.25, 0.3) is 28.3 Å². The Morgan fingerprint density at radius 3 is 2.54 bits per heavy atom. The summed E-state index contributed by atoms with van der Waals surface area (Å²) < 4.78 is 14.5. The third-order valence-corrected chi connectivity index (χ3v) is 5.88. The van der Waals surface area contributed by atoms with Crippen LogP contribution in [0.4, 0.5) is 5.95 Å². The zero-order chi connectivity index (χ0) is 25.4. The van der Waals surface area contributed by atoms with E-state index in [0.29, 0.717) is 34.9 Å². The summed E-state index contributed by atoms with van der Waals surface area (Å²) in [5.41, 5.74) is 4.13. The summed E-state index contributed by atoms with van der Waals surface area (Å²) in [5.74, 6) is 1.63. The molecular formula is C27H23N7O3. The first kappa shape index (κ1) is 22.5. The fourth-order valence-electron chi connectivity index (χ4n) is 4.00. The number of aryl methyl sites for hydroxylation is 2. The lowest BCUT2D eigenvalue weighted by Crippen LogP contribution is -2.18. The van der Waals surface area contributed by atoms with E-state index in [2.05, 4.69) is 44.5 Å². The molecule has 37 heavy (non-hydrogen) atoms. The van der Waals surface area contributed by atoms with Gasteiger partial charge in [0.15, 0.2) is 17.1 Å². The van der Waals surface area contributed by atoms with E-state index >= 15 is 0 Å². The predicted octanol–water partition coefficient (Wildman–Crippen LogP) is 4.34. The van der Waals surface area contributed by atoms with Crippen molar-refractivity contribution < 1.29 is 13.9 Å². The number of fused-ring (bicyclic) bond motifs is 3. The molecule has 4 heterocycles. The number of nitrogens with zero attached hydrogens (tertiary/aromatic N) is 6. The minimum Gasteiger partial charge on any atom is -0.489 e. The number of aromatic nitrogens is 6. The first-order chi connectivity index (χ1) is 18.0. The van der Waals surface area contributed by atoms with E-state index in [1.807, 2.05) is 42.6 Å². The minimum atomic E-state index is -0.243. The van der Waals surface area contributed by atoms with Crippen LogP contribution in [0.5, 0.6) is 5.75 Å². The largest absolute Gasteiger partial charge is 0.489 e. The van der Waals surface area contributed by atoms with Crippen molar-refractivity contribution in [1.82, 2.24) is 29.4 Å². The molecule has 0 bridgehead atoms. The molecule has 6 aromatic rings. The number of hydrogen-bond acceptors (Lipinski definition) is 7. The predicted molar refractivity (Wildman–Crippen MR) is 137 cm³/mol. The number of hydrogen-bond donors (Lipinski definition) is 1. The zero-order valence-electron chi connectivity index (χ0n) is 20.3. The molecule has 0 aliphatic carbocycles. The number of carbonyl (C=O) groups is 1. The molecule has 6 rings (SSSR count). The zero-order valence-corrected chi connectivity index (χ0v) is 20.3. The number of furan rings is 1. The van der Waals surface area contributed by atoms with Crippen molar-refractivity contribution in [2.75, 3.05) is 5.32 Å². The Kier molecular flexibility index (Phi) is 5.61. The van der Waals surface area contributed by atoms with Gasteiger partial charge in [-0.15, -0.1) is 5.10 Å². The molecule has 10 heteroatoms. The summed E-state index contributed by atoms with van der Waals surface area (Å²) in [6.07, 6.45) is 3.52. The Morgan fingerprint density at radius 2 is 1.78 bits per heavy atom. The lowest BCUT2D eigenvalue weighted by atomic mass is 10.1. The van der Waals surface area contributed by atoms with Gasteiger partial charge in [-0.25, -0.2) is 4.98 Å². The summed E-state index contributed by atoms with van der Waals surface area (Å²) in [4.78, 5) is 22.1. The van der Waals surface area contributed by atoms with Gasteiger partial charge in [-0.05, 0) is 42.3 Å². The van der Waals surface area contributed by atoms with Crippen molar-refractivity contribution in [1.29, 1.82) is 0 Å². The molecule has 10 nitrogen and oxygen atoms in total. The maximum Gasteiger partial charge on any atom is 0.234 e. The molecule has 1 amide bonds. The van der Waals surface area contributed by atoms with Gasteiger partial charge in [0.2, 0.25) is 17.7 Å². The summed E-state index contributed by atoms with van der Waals surface area (Å²) in [7, 11) is 1.80. The minimum absolute atomic E-state index is 0.154. The SMILES string of the molecule is Cc1ccc(COc2ccc(CC(=O)Nc3nc4nn(C)cc4c4nc(-c5ccco5)nn34)cc2)cc1. The highest BCUT2D eigenvalue weighted by atomic mass is 16.5. The van der Waals surface area contributed by atoms with E-state index < -0.39 is 0 Å². The molecule has 0 atom stereocenters. The molecule has 184 valence electrons. The highest BCUT2D eigenvalue weighted by Crippen LogP contribution is 2.24. The topological polar surface area (TPSA) is 112 Å². The molecule has 0 aliphatic rings. The number of amides is 1. The molecule has 0 saturated carbocycles. The van der Waals surface area contributed by atoms with Crippen molar-refractivity contribution in [2.45, 2.75) is 20.0 Å². The molecule has 4 aromatic heterocycles. The number of nitrogens with one attached hydrogen (secondary N) is 1. The number of anilines is 1. The van der Waals surface area contributed by atoms with Crippen LogP contribution in [0.15, 0.2) is 77.5 Å². The number of rotatable bonds is 7. The first-order valence-electron chi connectivity index (χ1n) is 11.7. The van der Waals surface area contributed by atoms with Gasteiger partial charge in [-0.1, -0.05) is 42.0 Å². The average molecular weight is 494 g/mol. The van der Waals surface area contributed by atoms with Crippen LogP contribution < -0.4 is 10.1 Å². The van der Waals surface area contributed by atoms with Crippen molar-refractivity contribution in [2.24, 2.45) is 7.05 Å².